The highest BCUT2D eigenvalue weighted by atomic mass is 32.2. The van der Waals surface area contributed by atoms with E-state index in [-0.39, 0.29) is 11.8 Å². The molecule has 0 unspecified atom stereocenters. The van der Waals surface area contributed by atoms with Crippen LogP contribution in [-0.2, 0) is 4.79 Å². The molecule has 2 N–H and O–H groups in total. The van der Waals surface area contributed by atoms with Gasteiger partial charge < -0.3 is 0 Å². The third kappa shape index (κ3) is 5.18. The molecule has 2 amide bonds. The van der Waals surface area contributed by atoms with E-state index in [0.29, 0.717) is 5.56 Å². The molecular formula is C20H19N3O2S2. The summed E-state index contributed by atoms with van der Waals surface area (Å²) in [6.07, 6.45) is 0. The highest BCUT2D eigenvalue weighted by Gasteiger charge is 2.17. The molecule has 1 atom stereocenters. The van der Waals surface area contributed by atoms with Gasteiger partial charge in [0, 0.05) is 16.5 Å². The largest absolute Gasteiger partial charge is 0.272 e. The number of aromatic nitrogens is 1. The van der Waals surface area contributed by atoms with E-state index in [2.05, 4.69) is 15.8 Å². The van der Waals surface area contributed by atoms with E-state index >= 15 is 0 Å². The molecule has 3 aromatic rings. The lowest BCUT2D eigenvalue weighted by Gasteiger charge is -2.11. The maximum absolute atomic E-state index is 12.2. The summed E-state index contributed by atoms with van der Waals surface area (Å²) >= 11 is 2.86. The fourth-order valence-corrected chi connectivity index (χ4v) is 4.23. The monoisotopic (exact) mass is 397 g/mol. The number of thiazole rings is 1. The summed E-state index contributed by atoms with van der Waals surface area (Å²) in [6.45, 7) is 3.82. The van der Waals surface area contributed by atoms with Crippen LogP contribution in [0, 0.1) is 6.92 Å². The second kappa shape index (κ2) is 8.83. The number of nitrogens with zero attached hydrogens (tertiary/aromatic N) is 1. The smallest absolute Gasteiger partial charge is 0.269 e. The van der Waals surface area contributed by atoms with Crippen LogP contribution in [0.15, 0.2) is 64.3 Å². The lowest BCUT2D eigenvalue weighted by molar-refractivity contribution is -0.121. The van der Waals surface area contributed by atoms with Crippen molar-refractivity contribution >= 4 is 34.9 Å². The van der Waals surface area contributed by atoms with E-state index in [0.717, 1.165) is 15.6 Å². The summed E-state index contributed by atoms with van der Waals surface area (Å²) in [5.74, 6) is -0.631. The normalized spacial score (nSPS) is 11.6. The zero-order valence-corrected chi connectivity index (χ0v) is 16.6. The number of nitrogens with one attached hydrogen (secondary N) is 2. The van der Waals surface area contributed by atoms with Gasteiger partial charge in [-0.15, -0.1) is 11.3 Å². The molecular weight excluding hydrogens is 378 g/mol. The van der Waals surface area contributed by atoms with Gasteiger partial charge >= 0.3 is 0 Å². The molecule has 0 fully saturated rings. The van der Waals surface area contributed by atoms with Gasteiger partial charge in [0.2, 0.25) is 0 Å². The third-order valence-corrected chi connectivity index (χ3v) is 5.88. The molecule has 0 bridgehead atoms. The maximum Gasteiger partial charge on any atom is 0.269 e. The first-order valence-corrected chi connectivity index (χ1v) is 10.1. The number of aryl methyl sites for hydroxylation is 1. The average Bonchev–Trinajstić information content (AvgIpc) is 3.15. The van der Waals surface area contributed by atoms with Crippen molar-refractivity contribution in [1.29, 1.82) is 0 Å². The molecule has 2 aromatic carbocycles. The predicted molar refractivity (Wildman–Crippen MR) is 110 cm³/mol. The number of thioether (sulfide) groups is 1. The van der Waals surface area contributed by atoms with Crippen LogP contribution in [-0.4, -0.2) is 22.0 Å². The Labute approximate surface area is 166 Å². The first kappa shape index (κ1) is 19.1. The molecule has 3 rings (SSSR count). The summed E-state index contributed by atoms with van der Waals surface area (Å²) < 4.78 is 0.808. The summed E-state index contributed by atoms with van der Waals surface area (Å²) in [4.78, 5) is 28.8. The van der Waals surface area contributed by atoms with Crippen molar-refractivity contribution in [2.75, 3.05) is 0 Å². The molecule has 0 saturated carbocycles. The minimum atomic E-state index is -0.391. The predicted octanol–water partition coefficient (Wildman–Crippen LogP) is 4.06. The van der Waals surface area contributed by atoms with Gasteiger partial charge in [0.25, 0.3) is 11.8 Å². The van der Waals surface area contributed by atoms with Crippen LogP contribution >= 0.6 is 23.1 Å². The van der Waals surface area contributed by atoms with Crippen LogP contribution in [0.1, 0.15) is 22.8 Å². The first-order valence-electron chi connectivity index (χ1n) is 8.37. The van der Waals surface area contributed by atoms with E-state index in [9.17, 15) is 9.59 Å². The SMILES string of the molecule is Cc1ccc(-c2csc(S[C@H](C)C(=O)NNC(=O)c3ccccc3)n2)cc1. The van der Waals surface area contributed by atoms with Crippen LogP contribution in [0.4, 0.5) is 0 Å². The Bertz CT molecular complexity index is 924. The number of hydrogen-bond donors (Lipinski definition) is 2. The van der Waals surface area contributed by atoms with Gasteiger partial charge in [-0.05, 0) is 26.0 Å². The molecule has 27 heavy (non-hydrogen) atoms. The molecule has 0 saturated heterocycles. The molecule has 138 valence electrons. The summed E-state index contributed by atoms with van der Waals surface area (Å²) in [6, 6.07) is 16.9. The summed E-state index contributed by atoms with van der Waals surface area (Å²) in [7, 11) is 0. The van der Waals surface area contributed by atoms with Gasteiger partial charge in [-0.3, -0.25) is 20.4 Å². The number of carbonyl (C=O) groups excluding carboxylic acids is 2. The highest BCUT2D eigenvalue weighted by Crippen LogP contribution is 2.30. The second-order valence-corrected chi connectivity index (χ2v) is 8.38. The average molecular weight is 398 g/mol. The number of carbonyl (C=O) groups is 2. The lowest BCUT2D eigenvalue weighted by Crippen LogP contribution is -2.44. The van der Waals surface area contributed by atoms with Gasteiger partial charge in [0.15, 0.2) is 4.34 Å². The van der Waals surface area contributed by atoms with Crippen molar-refractivity contribution < 1.29 is 9.59 Å². The van der Waals surface area contributed by atoms with Crippen LogP contribution < -0.4 is 10.9 Å². The van der Waals surface area contributed by atoms with Gasteiger partial charge in [-0.1, -0.05) is 59.8 Å². The van der Waals surface area contributed by atoms with Crippen molar-refractivity contribution in [3.05, 3.63) is 71.1 Å². The zero-order valence-electron chi connectivity index (χ0n) is 14.9. The highest BCUT2D eigenvalue weighted by molar-refractivity contribution is 8.02. The topological polar surface area (TPSA) is 71.1 Å². The Morgan fingerprint density at radius 2 is 1.74 bits per heavy atom. The molecule has 1 heterocycles. The number of benzene rings is 2. The number of hydrogen-bond acceptors (Lipinski definition) is 5. The van der Waals surface area contributed by atoms with Crippen molar-refractivity contribution in [2.24, 2.45) is 0 Å². The lowest BCUT2D eigenvalue weighted by atomic mass is 10.1. The van der Waals surface area contributed by atoms with Gasteiger partial charge in [-0.25, -0.2) is 4.98 Å². The zero-order chi connectivity index (χ0) is 19.2. The third-order valence-electron chi connectivity index (χ3n) is 3.81. The molecule has 1 aromatic heterocycles. The minimum Gasteiger partial charge on any atom is -0.272 e. The first-order chi connectivity index (χ1) is 13.0. The molecule has 0 spiro atoms. The Hall–Kier alpha value is -2.64. The molecule has 0 aliphatic carbocycles. The Kier molecular flexibility index (Phi) is 6.26. The minimum absolute atomic E-state index is 0.281. The molecule has 5 nitrogen and oxygen atoms in total. The molecule has 0 aliphatic heterocycles. The number of amides is 2. The van der Waals surface area contributed by atoms with Crippen molar-refractivity contribution in [2.45, 2.75) is 23.4 Å². The quantitative estimate of drug-likeness (QED) is 0.503. The molecule has 0 radical (unpaired) electrons. The fourth-order valence-electron chi connectivity index (χ4n) is 2.25. The van der Waals surface area contributed by atoms with Gasteiger partial charge in [0.1, 0.15) is 0 Å². The number of rotatable bonds is 5. The standard InChI is InChI=1S/C20H19N3O2S2/c1-13-8-10-15(11-9-13)17-12-26-20(21-17)27-14(2)18(24)22-23-19(25)16-6-4-3-5-7-16/h3-12,14H,1-2H3,(H,22,24)(H,23,25)/t14-/m1/s1. The fraction of sp³-hybridized carbons (Fsp3) is 0.150. The van der Waals surface area contributed by atoms with Crippen LogP contribution in [0.2, 0.25) is 0 Å². The number of hydrazine groups is 1. The van der Waals surface area contributed by atoms with Crippen LogP contribution in [0.25, 0.3) is 11.3 Å². The summed E-state index contributed by atoms with van der Waals surface area (Å²) in [5.41, 5.74) is 8.53. The Morgan fingerprint density at radius 3 is 2.44 bits per heavy atom. The van der Waals surface area contributed by atoms with Crippen LogP contribution in [0.3, 0.4) is 0 Å². The molecule has 0 aliphatic rings. The second-order valence-electron chi connectivity index (χ2n) is 5.93. The van der Waals surface area contributed by atoms with Gasteiger partial charge in [0.05, 0.1) is 10.9 Å². The van der Waals surface area contributed by atoms with E-state index in [1.54, 1.807) is 31.2 Å². The van der Waals surface area contributed by atoms with Crippen molar-refractivity contribution in [1.82, 2.24) is 15.8 Å². The van der Waals surface area contributed by atoms with E-state index in [1.165, 1.54) is 28.7 Å². The van der Waals surface area contributed by atoms with E-state index in [4.69, 9.17) is 0 Å². The van der Waals surface area contributed by atoms with Gasteiger partial charge in [-0.2, -0.15) is 0 Å². The molecule has 7 heteroatoms. The maximum atomic E-state index is 12.2. The summed E-state index contributed by atoms with van der Waals surface area (Å²) in [5, 5.41) is 1.59. The van der Waals surface area contributed by atoms with Crippen molar-refractivity contribution in [3.63, 3.8) is 0 Å². The van der Waals surface area contributed by atoms with Crippen LogP contribution in [0.5, 0.6) is 0 Å². The Morgan fingerprint density at radius 1 is 1.04 bits per heavy atom. The Balaban J connectivity index is 1.54. The van der Waals surface area contributed by atoms with Crippen molar-refractivity contribution in [3.8, 4) is 11.3 Å². The van der Waals surface area contributed by atoms with E-state index < -0.39 is 5.25 Å². The van der Waals surface area contributed by atoms with E-state index in [1.807, 2.05) is 42.6 Å².